The summed E-state index contributed by atoms with van der Waals surface area (Å²) in [7, 11) is 1.64. The zero-order valence-electron chi connectivity index (χ0n) is 11.6. The average molecular weight is 266 g/mol. The molecule has 1 unspecified atom stereocenters. The molecule has 1 aliphatic carbocycles. The molecule has 2 rings (SSSR count). The molecule has 1 N–H and O–H groups in total. The lowest BCUT2D eigenvalue weighted by Crippen LogP contribution is -2.06. The van der Waals surface area contributed by atoms with Gasteiger partial charge in [-0.05, 0) is 36.6 Å². The molecule has 2 heteroatoms. The zero-order valence-corrected chi connectivity index (χ0v) is 11.6. The topological polar surface area (TPSA) is 29.5 Å². The summed E-state index contributed by atoms with van der Waals surface area (Å²) in [6.45, 7) is 0. The molecule has 1 aliphatic rings. The van der Waals surface area contributed by atoms with Gasteiger partial charge in [0.1, 0.15) is 11.9 Å². The van der Waals surface area contributed by atoms with E-state index in [0.29, 0.717) is 5.57 Å². The first kappa shape index (κ1) is 14.3. The number of hydrogen-bond acceptors (Lipinski definition) is 2. The van der Waals surface area contributed by atoms with E-state index < -0.39 is 6.10 Å². The van der Waals surface area contributed by atoms with Crippen molar-refractivity contribution >= 4 is 6.08 Å². The molecule has 1 atom stereocenters. The van der Waals surface area contributed by atoms with Crippen LogP contribution >= 0.6 is 0 Å². The van der Waals surface area contributed by atoms with Crippen LogP contribution in [0.5, 0.6) is 5.75 Å². The number of aliphatic hydroxyl groups excluding tert-OH is 1. The first-order valence-electron chi connectivity index (χ1n) is 6.80. The molecular weight excluding hydrogens is 248 g/mol. The van der Waals surface area contributed by atoms with Crippen molar-refractivity contribution in [1.29, 1.82) is 0 Å². The number of hydrogen-bond donors (Lipinski definition) is 1. The Morgan fingerprint density at radius 2 is 1.85 bits per heavy atom. The summed E-state index contributed by atoms with van der Waals surface area (Å²) in [5.74, 6) is 12.8. The van der Waals surface area contributed by atoms with E-state index in [1.807, 2.05) is 30.3 Å². The van der Waals surface area contributed by atoms with E-state index in [1.165, 1.54) is 0 Å². The minimum Gasteiger partial charge on any atom is -0.497 e. The fourth-order valence-corrected chi connectivity index (χ4v) is 1.90. The minimum absolute atomic E-state index is 0.657. The fourth-order valence-electron chi connectivity index (χ4n) is 1.90. The van der Waals surface area contributed by atoms with Crippen molar-refractivity contribution in [3.63, 3.8) is 0 Å². The molecule has 0 spiro atoms. The van der Waals surface area contributed by atoms with Crippen LogP contribution in [0.15, 0.2) is 29.8 Å². The maximum absolute atomic E-state index is 10.1. The standard InChI is InChI=1S/C18H18O2/c1-20-17-12-10-15(11-13-17)14-16-8-6-4-2-3-5-7-9-18(16)19/h10-14,18-19H,2-5H2,1H3/b16-14+. The van der Waals surface area contributed by atoms with Gasteiger partial charge in [-0.2, -0.15) is 0 Å². The van der Waals surface area contributed by atoms with Gasteiger partial charge in [-0.3, -0.25) is 0 Å². The van der Waals surface area contributed by atoms with Crippen LogP contribution in [0, 0.1) is 23.7 Å². The molecule has 20 heavy (non-hydrogen) atoms. The number of aliphatic hydroxyl groups is 1. The predicted molar refractivity (Wildman–Crippen MR) is 81.0 cm³/mol. The highest BCUT2D eigenvalue weighted by Crippen LogP contribution is 2.15. The van der Waals surface area contributed by atoms with Crippen LogP contribution in [0.4, 0.5) is 0 Å². The van der Waals surface area contributed by atoms with E-state index in [1.54, 1.807) is 7.11 Å². The molecule has 0 aromatic heterocycles. The molecule has 0 radical (unpaired) electrons. The van der Waals surface area contributed by atoms with E-state index >= 15 is 0 Å². The van der Waals surface area contributed by atoms with E-state index in [2.05, 4.69) is 23.7 Å². The van der Waals surface area contributed by atoms with Gasteiger partial charge in [0.25, 0.3) is 0 Å². The predicted octanol–water partition coefficient (Wildman–Crippen LogP) is 3.02. The molecule has 0 bridgehead atoms. The first-order valence-corrected chi connectivity index (χ1v) is 6.80. The van der Waals surface area contributed by atoms with Crippen LogP contribution in [0.1, 0.15) is 31.2 Å². The molecule has 1 aromatic rings. The van der Waals surface area contributed by atoms with Crippen LogP contribution in [-0.2, 0) is 0 Å². The van der Waals surface area contributed by atoms with Crippen molar-refractivity contribution in [1.82, 2.24) is 0 Å². The summed E-state index contributed by atoms with van der Waals surface area (Å²) in [5, 5.41) is 10.1. The summed E-state index contributed by atoms with van der Waals surface area (Å²) in [6.07, 6.45) is 4.87. The summed E-state index contributed by atoms with van der Waals surface area (Å²) < 4.78 is 5.13. The van der Waals surface area contributed by atoms with Crippen molar-refractivity contribution in [2.45, 2.75) is 31.8 Å². The van der Waals surface area contributed by atoms with E-state index in [-0.39, 0.29) is 0 Å². The highest BCUT2D eigenvalue weighted by molar-refractivity contribution is 5.61. The lowest BCUT2D eigenvalue weighted by molar-refractivity contribution is 0.274. The largest absolute Gasteiger partial charge is 0.497 e. The van der Waals surface area contributed by atoms with Crippen molar-refractivity contribution in [2.24, 2.45) is 0 Å². The molecule has 0 aliphatic heterocycles. The number of benzene rings is 1. The Morgan fingerprint density at radius 3 is 2.55 bits per heavy atom. The van der Waals surface area contributed by atoms with Crippen LogP contribution in [0.2, 0.25) is 0 Å². The van der Waals surface area contributed by atoms with Crippen LogP contribution in [-0.4, -0.2) is 18.3 Å². The van der Waals surface area contributed by atoms with Gasteiger partial charge >= 0.3 is 0 Å². The quantitative estimate of drug-likeness (QED) is 0.834. The van der Waals surface area contributed by atoms with Gasteiger partial charge in [0, 0.05) is 18.4 Å². The van der Waals surface area contributed by atoms with Crippen molar-refractivity contribution in [3.8, 4) is 29.4 Å². The van der Waals surface area contributed by atoms with Crippen molar-refractivity contribution in [3.05, 3.63) is 35.4 Å². The summed E-state index contributed by atoms with van der Waals surface area (Å²) >= 11 is 0. The Morgan fingerprint density at radius 1 is 1.15 bits per heavy atom. The Balaban J connectivity index is 2.26. The zero-order chi connectivity index (χ0) is 14.2. The second kappa shape index (κ2) is 7.43. The maximum Gasteiger partial charge on any atom is 0.147 e. The lowest BCUT2D eigenvalue weighted by atomic mass is 10.0. The third-order valence-electron chi connectivity index (χ3n) is 3.06. The van der Waals surface area contributed by atoms with Crippen molar-refractivity contribution in [2.75, 3.05) is 7.11 Å². The van der Waals surface area contributed by atoms with Gasteiger partial charge in [0.15, 0.2) is 0 Å². The monoisotopic (exact) mass is 266 g/mol. The SMILES string of the molecule is COc1ccc(/C=C2\C#CCCCCC#CC2O)cc1. The number of methoxy groups -OCH3 is 1. The molecule has 0 saturated carbocycles. The van der Waals surface area contributed by atoms with E-state index in [0.717, 1.165) is 37.0 Å². The van der Waals surface area contributed by atoms with Gasteiger partial charge in [-0.15, -0.1) is 5.92 Å². The molecule has 0 heterocycles. The summed E-state index contributed by atoms with van der Waals surface area (Å²) in [5.41, 5.74) is 1.64. The van der Waals surface area contributed by atoms with Gasteiger partial charge in [0.2, 0.25) is 0 Å². The second-order valence-corrected chi connectivity index (χ2v) is 4.61. The minimum atomic E-state index is -0.803. The highest BCUT2D eigenvalue weighted by Gasteiger charge is 2.06. The van der Waals surface area contributed by atoms with Crippen LogP contribution in [0.25, 0.3) is 6.08 Å². The van der Waals surface area contributed by atoms with Gasteiger partial charge in [-0.25, -0.2) is 0 Å². The van der Waals surface area contributed by atoms with Crippen LogP contribution < -0.4 is 4.74 Å². The van der Waals surface area contributed by atoms with E-state index in [4.69, 9.17) is 4.74 Å². The van der Waals surface area contributed by atoms with Gasteiger partial charge < -0.3 is 9.84 Å². The Kier molecular flexibility index (Phi) is 5.30. The summed E-state index contributed by atoms with van der Waals surface area (Å²) in [4.78, 5) is 0. The van der Waals surface area contributed by atoms with E-state index in [9.17, 15) is 5.11 Å². The van der Waals surface area contributed by atoms with Crippen molar-refractivity contribution < 1.29 is 9.84 Å². The lowest BCUT2D eigenvalue weighted by Gasteiger charge is -2.05. The molecule has 0 saturated heterocycles. The first-order chi connectivity index (χ1) is 9.79. The smallest absolute Gasteiger partial charge is 0.147 e. The molecule has 0 amide bonds. The Bertz CT molecular complexity index is 588. The maximum atomic E-state index is 10.1. The molecule has 1 aromatic carbocycles. The molecule has 102 valence electrons. The third-order valence-corrected chi connectivity index (χ3v) is 3.06. The third kappa shape index (κ3) is 4.19. The number of rotatable bonds is 2. The second-order valence-electron chi connectivity index (χ2n) is 4.61. The fraction of sp³-hybridized carbons (Fsp3) is 0.333. The van der Waals surface area contributed by atoms with Crippen LogP contribution in [0.3, 0.4) is 0 Å². The Hall–Kier alpha value is -2.16. The highest BCUT2D eigenvalue weighted by atomic mass is 16.5. The average Bonchev–Trinajstić information content (AvgIpc) is 2.49. The molecular formula is C18H18O2. The van der Waals surface area contributed by atoms with Gasteiger partial charge in [0.05, 0.1) is 7.11 Å². The molecule has 0 fully saturated rings. The summed E-state index contributed by atoms with van der Waals surface area (Å²) in [6, 6.07) is 7.65. The number of ether oxygens (including phenoxy) is 1. The van der Waals surface area contributed by atoms with Gasteiger partial charge in [-0.1, -0.05) is 29.9 Å². The Labute approximate surface area is 120 Å². The normalized spacial score (nSPS) is 20.3. The molecule has 2 nitrogen and oxygen atoms in total.